The summed E-state index contributed by atoms with van der Waals surface area (Å²) in [6.45, 7) is 25.8. The highest BCUT2D eigenvalue weighted by Gasteiger charge is 2.43. The van der Waals surface area contributed by atoms with Gasteiger partial charge in [-0.1, -0.05) is 27.7 Å². The van der Waals surface area contributed by atoms with Gasteiger partial charge in [0, 0.05) is 48.3 Å². The second kappa shape index (κ2) is 14.7. The van der Waals surface area contributed by atoms with Gasteiger partial charge in [0.25, 0.3) is 0 Å². The molecule has 14 heteroatoms. The Hall–Kier alpha value is -4.30. The molecule has 2 N–H and O–H groups in total. The van der Waals surface area contributed by atoms with Crippen molar-refractivity contribution < 1.29 is 37.4 Å². The number of fused-ring (bicyclic) bond motifs is 2. The smallest absolute Gasteiger partial charge is 0.414 e. The van der Waals surface area contributed by atoms with Crippen LogP contribution in [0.15, 0.2) is 24.5 Å². The van der Waals surface area contributed by atoms with E-state index in [4.69, 9.17) is 23.6 Å². The molecule has 1 fully saturated rings. The minimum Gasteiger partial charge on any atom is -0.446 e. The first kappa shape index (κ1) is 40.9. The van der Waals surface area contributed by atoms with E-state index in [1.807, 2.05) is 13.8 Å². The van der Waals surface area contributed by atoms with Crippen LogP contribution in [0.1, 0.15) is 93.3 Å². The fourth-order valence-electron chi connectivity index (χ4n) is 6.36. The van der Waals surface area contributed by atoms with Crippen molar-refractivity contribution >= 4 is 54.6 Å². The summed E-state index contributed by atoms with van der Waals surface area (Å²) < 4.78 is 40.1. The van der Waals surface area contributed by atoms with Gasteiger partial charge in [0.15, 0.2) is 14.1 Å². The van der Waals surface area contributed by atoms with Crippen molar-refractivity contribution in [1.82, 2.24) is 9.97 Å². The first-order chi connectivity index (χ1) is 24.8. The minimum absolute atomic E-state index is 0.0489. The summed E-state index contributed by atoms with van der Waals surface area (Å²) in [4.78, 5) is 50.1. The van der Waals surface area contributed by atoms with Crippen molar-refractivity contribution in [1.29, 1.82) is 0 Å². The summed E-state index contributed by atoms with van der Waals surface area (Å²) >= 11 is 0. The van der Waals surface area contributed by atoms with Crippen molar-refractivity contribution in [2.75, 3.05) is 22.1 Å². The van der Waals surface area contributed by atoms with Gasteiger partial charge in [-0.3, -0.25) is 20.5 Å². The number of amides is 3. The van der Waals surface area contributed by atoms with Crippen LogP contribution in [0.5, 0.6) is 0 Å². The molecule has 1 atom stereocenters. The summed E-state index contributed by atoms with van der Waals surface area (Å²) in [6, 6.07) is 3.19. The maximum Gasteiger partial charge on any atom is 0.414 e. The average molecular weight is 766 g/mol. The zero-order valence-electron chi connectivity index (χ0n) is 33.9. The van der Waals surface area contributed by atoms with Gasteiger partial charge in [0.2, 0.25) is 0 Å². The van der Waals surface area contributed by atoms with Gasteiger partial charge in [0.1, 0.15) is 23.1 Å². The second-order valence-corrected chi connectivity index (χ2v) is 22.9. The molecule has 3 amide bonds. The molecule has 54 heavy (non-hydrogen) atoms. The van der Waals surface area contributed by atoms with E-state index in [1.165, 1.54) is 6.20 Å². The van der Waals surface area contributed by atoms with E-state index in [1.54, 1.807) is 64.8 Å². The molecule has 2 aliphatic rings. The van der Waals surface area contributed by atoms with Crippen molar-refractivity contribution in [3.05, 3.63) is 41.6 Å². The van der Waals surface area contributed by atoms with Gasteiger partial charge in [0.05, 0.1) is 23.2 Å². The predicted octanol–water partition coefficient (Wildman–Crippen LogP) is 10.1. The van der Waals surface area contributed by atoms with Crippen molar-refractivity contribution in [3.8, 4) is 11.1 Å². The monoisotopic (exact) mass is 765 g/mol. The lowest BCUT2D eigenvalue weighted by molar-refractivity contribution is -0.0243. The molecule has 12 nitrogen and oxygen atoms in total. The summed E-state index contributed by atoms with van der Waals surface area (Å²) in [7, 11) is -1.94. The minimum atomic E-state index is -1.94. The van der Waals surface area contributed by atoms with Gasteiger partial charge >= 0.3 is 18.3 Å². The van der Waals surface area contributed by atoms with Crippen LogP contribution in [0.3, 0.4) is 0 Å². The number of anilines is 3. The third-order valence-electron chi connectivity index (χ3n) is 10.0. The molecule has 1 unspecified atom stereocenters. The maximum absolute atomic E-state index is 16.8. The van der Waals surface area contributed by atoms with E-state index in [0.717, 1.165) is 0 Å². The number of hydrogen-bond acceptors (Lipinski definition) is 9. The lowest BCUT2D eigenvalue weighted by atomic mass is 9.91. The maximum atomic E-state index is 16.8. The fourth-order valence-corrected chi connectivity index (χ4v) is 7.74. The molecule has 2 aromatic heterocycles. The quantitative estimate of drug-likeness (QED) is 0.185. The Labute approximate surface area is 319 Å². The Morgan fingerprint density at radius 3 is 2.13 bits per heavy atom. The van der Waals surface area contributed by atoms with E-state index < -0.39 is 43.6 Å². The molecule has 5 rings (SSSR count). The van der Waals surface area contributed by atoms with E-state index >= 15 is 4.39 Å². The van der Waals surface area contributed by atoms with Gasteiger partial charge in [-0.2, -0.15) is 0 Å². The van der Waals surface area contributed by atoms with Crippen molar-refractivity contribution in [2.45, 2.75) is 137 Å². The Balaban J connectivity index is 1.48. The number of ether oxygens (including phenoxy) is 3. The standard InChI is InChI=1S/C40H56FN5O7Si/c1-22-14-30-34(46(21-22)37(49)52-39(6,7)8)23(2)28(19-42-30)27-15-24-16-31(43-20-29(24)33(32(27)41)45-36(48)51-38(3,4)5)44-35(47)50-25-17-26(18-25)53-54(12,13)40(9,10)11/h15-16,19-20,22,25-26H,14,17-18,21H2,1-13H3,(H,45,48)(H,43,44,47)/t22?,25-,26+. The zero-order valence-corrected chi connectivity index (χ0v) is 34.9. The molecule has 0 bridgehead atoms. The zero-order chi connectivity index (χ0) is 40.1. The molecular formula is C40H56FN5O7Si. The number of carbonyl (C=O) groups is 3. The molecule has 3 heterocycles. The average Bonchev–Trinajstić information content (AvgIpc) is 2.98. The summed E-state index contributed by atoms with van der Waals surface area (Å²) in [5.41, 5.74) is 0.681. The van der Waals surface area contributed by atoms with Crippen LogP contribution in [0.25, 0.3) is 21.9 Å². The highest BCUT2D eigenvalue weighted by Crippen LogP contribution is 2.43. The largest absolute Gasteiger partial charge is 0.446 e. The number of hydrogen-bond donors (Lipinski definition) is 2. The Kier molecular flexibility index (Phi) is 11.2. The molecule has 0 radical (unpaired) electrons. The number of aromatic nitrogens is 2. The molecule has 3 aromatic rings. The van der Waals surface area contributed by atoms with Gasteiger partial charge in [-0.05, 0) is 102 Å². The van der Waals surface area contributed by atoms with Crippen molar-refractivity contribution in [2.24, 2.45) is 5.92 Å². The topological polar surface area (TPSA) is 141 Å². The normalized spacial score (nSPS) is 19.1. The Morgan fingerprint density at radius 2 is 1.52 bits per heavy atom. The molecule has 1 saturated carbocycles. The highest BCUT2D eigenvalue weighted by atomic mass is 28.4. The van der Waals surface area contributed by atoms with E-state index in [-0.39, 0.29) is 45.6 Å². The number of halogens is 1. The van der Waals surface area contributed by atoms with Crippen LogP contribution in [-0.2, 0) is 25.1 Å². The number of rotatable bonds is 6. The number of nitrogens with zero attached hydrogens (tertiary/aromatic N) is 3. The highest BCUT2D eigenvalue weighted by molar-refractivity contribution is 6.74. The summed E-state index contributed by atoms with van der Waals surface area (Å²) in [5, 5.41) is 6.11. The fraction of sp³-hybridized carbons (Fsp3) is 0.575. The van der Waals surface area contributed by atoms with Crippen LogP contribution in [0.2, 0.25) is 18.1 Å². The SMILES string of the molecule is Cc1c(-c2cc3cc(NC(=O)O[C@H]4C[C@@H](O[Si](C)(C)C(C)(C)C)C4)ncc3c(NC(=O)OC(C)(C)C)c2F)cnc2c1N(C(=O)OC(C)(C)C)CC(C)C2. The molecule has 294 valence electrons. The lowest BCUT2D eigenvalue weighted by Crippen LogP contribution is -2.49. The predicted molar refractivity (Wildman–Crippen MR) is 211 cm³/mol. The number of nitrogens with one attached hydrogen (secondary N) is 2. The first-order valence-electron chi connectivity index (χ1n) is 18.6. The van der Waals surface area contributed by atoms with Crippen LogP contribution in [0.4, 0.5) is 36.0 Å². The first-order valence-corrected chi connectivity index (χ1v) is 21.5. The molecule has 0 saturated heterocycles. The van der Waals surface area contributed by atoms with Gasteiger partial charge < -0.3 is 18.6 Å². The van der Waals surface area contributed by atoms with Crippen LogP contribution >= 0.6 is 0 Å². The number of carbonyl (C=O) groups excluding carboxylic acids is 3. The van der Waals surface area contributed by atoms with E-state index in [9.17, 15) is 14.4 Å². The molecule has 1 aromatic carbocycles. The second-order valence-electron chi connectivity index (χ2n) is 18.1. The molecular weight excluding hydrogens is 710 g/mol. The Bertz CT molecular complexity index is 1940. The molecule has 0 spiro atoms. The lowest BCUT2D eigenvalue weighted by Gasteiger charge is -2.44. The summed E-state index contributed by atoms with van der Waals surface area (Å²) in [6.07, 6.45) is 2.55. The third kappa shape index (κ3) is 9.31. The Morgan fingerprint density at radius 1 is 0.870 bits per heavy atom. The van der Waals surface area contributed by atoms with Gasteiger partial charge in [-0.25, -0.2) is 23.8 Å². The molecule has 1 aliphatic heterocycles. The number of benzene rings is 1. The van der Waals surface area contributed by atoms with Gasteiger partial charge in [-0.15, -0.1) is 0 Å². The van der Waals surface area contributed by atoms with E-state index in [2.05, 4.69) is 49.5 Å². The van der Waals surface area contributed by atoms with Crippen LogP contribution in [0, 0.1) is 18.7 Å². The van der Waals surface area contributed by atoms with Crippen LogP contribution < -0.4 is 15.5 Å². The molecule has 1 aliphatic carbocycles. The van der Waals surface area contributed by atoms with E-state index in [0.29, 0.717) is 53.7 Å². The van der Waals surface area contributed by atoms with Crippen molar-refractivity contribution in [3.63, 3.8) is 0 Å². The van der Waals surface area contributed by atoms with Crippen LogP contribution in [-0.4, -0.2) is 66.5 Å². The summed E-state index contributed by atoms with van der Waals surface area (Å²) in [5.74, 6) is -0.448. The third-order valence-corrected chi connectivity index (χ3v) is 14.5. The number of pyridine rings is 2.